The summed E-state index contributed by atoms with van der Waals surface area (Å²) in [6, 6.07) is 30.3. The molecule has 1 aromatic heterocycles. The third kappa shape index (κ3) is 5.19. The summed E-state index contributed by atoms with van der Waals surface area (Å²) in [4.78, 5) is 15.1. The number of benzene rings is 4. The maximum atomic E-state index is 5.84. The van der Waals surface area contributed by atoms with Crippen molar-refractivity contribution in [3.63, 3.8) is 0 Å². The number of aromatic nitrogens is 2. The first kappa shape index (κ1) is 30.9. The number of nitrogens with zero attached hydrogens (tertiary/aromatic N) is 6. The van der Waals surface area contributed by atoms with E-state index in [9.17, 15) is 0 Å². The summed E-state index contributed by atoms with van der Waals surface area (Å²) in [5.41, 5.74) is 7.50. The smallest absolute Gasteiger partial charge is 0.203 e. The van der Waals surface area contributed by atoms with Crippen LogP contribution in [0.1, 0.15) is 36.7 Å². The second-order valence-electron chi connectivity index (χ2n) is 11.5. The Morgan fingerprint density at radius 3 is 2.10 bits per heavy atom. The highest BCUT2D eigenvalue weighted by Gasteiger charge is 2.42. The zero-order chi connectivity index (χ0) is 33.4. The molecule has 10 heteroatoms. The number of fused-ring (bicyclic) bond motifs is 4. The number of aryl methyl sites for hydroxylation is 1. The van der Waals surface area contributed by atoms with Crippen LogP contribution < -0.4 is 29.3 Å². The summed E-state index contributed by atoms with van der Waals surface area (Å²) in [5.74, 6) is 3.69. The van der Waals surface area contributed by atoms with Crippen LogP contribution >= 0.6 is 0 Å². The minimum absolute atomic E-state index is 0.364. The standard InChI is InChI=1S/C38H39N7O3/c1-7-43(8-2)27-20-18-26(19-21-27)39-36-38-41-37-33(24(3)42-45(37)28-14-10-9-11-15-28)34(44(38)30-17-13-12-16-29(30)40-36)25-22-31(46-4)35(48-6)32(23-25)47-5/h9-23,34H,7-8H2,1-6H3,(H,39,40)/t34-/m0/s1. The molecule has 0 fully saturated rings. The fraction of sp³-hybridized carbons (Fsp3) is 0.237. The molecule has 3 heterocycles. The predicted molar refractivity (Wildman–Crippen MR) is 193 cm³/mol. The second-order valence-corrected chi connectivity index (χ2v) is 11.5. The maximum Gasteiger partial charge on any atom is 0.203 e. The van der Waals surface area contributed by atoms with Gasteiger partial charge < -0.3 is 29.3 Å². The molecule has 0 spiro atoms. The Morgan fingerprint density at radius 2 is 1.46 bits per heavy atom. The lowest BCUT2D eigenvalue weighted by atomic mass is 9.92. The van der Waals surface area contributed by atoms with Gasteiger partial charge in [0.25, 0.3) is 0 Å². The van der Waals surface area contributed by atoms with E-state index in [1.807, 2.05) is 72.3 Å². The fourth-order valence-corrected chi connectivity index (χ4v) is 6.60. The van der Waals surface area contributed by atoms with Crippen molar-refractivity contribution in [2.75, 3.05) is 49.5 Å². The summed E-state index contributed by atoms with van der Waals surface area (Å²) in [6.07, 6.45) is 0. The van der Waals surface area contributed by atoms with Crippen molar-refractivity contribution in [1.82, 2.24) is 9.78 Å². The molecule has 10 nitrogen and oxygen atoms in total. The van der Waals surface area contributed by atoms with E-state index in [2.05, 4.69) is 59.3 Å². The molecule has 0 saturated carbocycles. The van der Waals surface area contributed by atoms with Gasteiger partial charge in [0.05, 0.1) is 50.1 Å². The highest BCUT2D eigenvalue weighted by Crippen LogP contribution is 2.50. The summed E-state index contributed by atoms with van der Waals surface area (Å²) in [5, 5.41) is 8.67. The SMILES string of the molecule is CCN(CC)c1ccc(NC2=Nc3ccccc3N3C2=Nc2c(c(C)nn2-c2ccccc2)[C@@H]3c2cc(OC)c(OC)c(OC)c2)cc1. The highest BCUT2D eigenvalue weighted by molar-refractivity contribution is 6.51. The molecule has 4 aromatic carbocycles. The van der Waals surface area contributed by atoms with Crippen LogP contribution in [0.25, 0.3) is 5.69 Å². The lowest BCUT2D eigenvalue weighted by Crippen LogP contribution is -2.46. The molecule has 48 heavy (non-hydrogen) atoms. The Labute approximate surface area is 280 Å². The van der Waals surface area contributed by atoms with Gasteiger partial charge >= 0.3 is 0 Å². The van der Waals surface area contributed by atoms with Gasteiger partial charge in [-0.3, -0.25) is 0 Å². The maximum absolute atomic E-state index is 5.84. The van der Waals surface area contributed by atoms with Crippen LogP contribution in [0.4, 0.5) is 28.6 Å². The fourth-order valence-electron chi connectivity index (χ4n) is 6.60. The Balaban J connectivity index is 1.45. The number of aliphatic imine (C=N–C) groups is 2. The van der Waals surface area contributed by atoms with Crippen LogP contribution in [0.5, 0.6) is 17.2 Å². The van der Waals surface area contributed by atoms with Crippen LogP contribution in [0.2, 0.25) is 0 Å². The average molecular weight is 642 g/mol. The summed E-state index contributed by atoms with van der Waals surface area (Å²) >= 11 is 0. The number of ether oxygens (including phenoxy) is 3. The van der Waals surface area contributed by atoms with Crippen molar-refractivity contribution in [3.05, 3.63) is 108 Å². The average Bonchev–Trinajstić information content (AvgIpc) is 3.47. The molecule has 2 aliphatic rings. The van der Waals surface area contributed by atoms with E-state index in [0.29, 0.717) is 28.9 Å². The second kappa shape index (κ2) is 12.8. The van der Waals surface area contributed by atoms with E-state index in [1.165, 1.54) is 5.69 Å². The first-order valence-corrected chi connectivity index (χ1v) is 16.1. The summed E-state index contributed by atoms with van der Waals surface area (Å²) in [7, 11) is 4.88. The van der Waals surface area contributed by atoms with E-state index in [1.54, 1.807) is 21.3 Å². The van der Waals surface area contributed by atoms with Gasteiger partial charge in [-0.15, -0.1) is 0 Å². The molecule has 0 bridgehead atoms. The van der Waals surface area contributed by atoms with Gasteiger partial charge in [0, 0.05) is 30.0 Å². The lowest BCUT2D eigenvalue weighted by Gasteiger charge is -2.40. The van der Waals surface area contributed by atoms with Gasteiger partial charge in [-0.2, -0.15) is 5.10 Å². The van der Waals surface area contributed by atoms with E-state index < -0.39 is 0 Å². The van der Waals surface area contributed by atoms with Crippen molar-refractivity contribution >= 4 is 40.2 Å². The zero-order valence-electron chi connectivity index (χ0n) is 28.1. The van der Waals surface area contributed by atoms with Crippen LogP contribution in [-0.4, -0.2) is 55.9 Å². The molecule has 0 unspecified atom stereocenters. The molecule has 1 N–H and O–H groups in total. The number of rotatable bonds is 9. The van der Waals surface area contributed by atoms with Gasteiger partial charge in [-0.1, -0.05) is 30.3 Å². The molecular formula is C38H39N7O3. The normalized spacial score (nSPS) is 14.6. The van der Waals surface area contributed by atoms with Crippen LogP contribution in [0, 0.1) is 6.92 Å². The molecule has 0 amide bonds. The van der Waals surface area contributed by atoms with Crippen LogP contribution in [0.15, 0.2) is 101 Å². The van der Waals surface area contributed by atoms with Crippen molar-refractivity contribution in [1.29, 1.82) is 0 Å². The number of hydrogen-bond acceptors (Lipinski definition) is 9. The van der Waals surface area contributed by atoms with Crippen LogP contribution in [-0.2, 0) is 0 Å². The van der Waals surface area contributed by atoms with E-state index in [0.717, 1.165) is 58.5 Å². The van der Waals surface area contributed by atoms with Gasteiger partial charge in [-0.05, 0) is 87.0 Å². The number of anilines is 3. The minimum atomic E-state index is -0.364. The third-order valence-corrected chi connectivity index (χ3v) is 8.90. The molecular weight excluding hydrogens is 602 g/mol. The number of hydrogen-bond donors (Lipinski definition) is 1. The summed E-state index contributed by atoms with van der Waals surface area (Å²) < 4.78 is 19.3. The quantitative estimate of drug-likeness (QED) is 0.175. The first-order chi connectivity index (χ1) is 23.5. The number of nitrogens with one attached hydrogen (secondary N) is 1. The van der Waals surface area contributed by atoms with Gasteiger partial charge in [0.1, 0.15) is 0 Å². The van der Waals surface area contributed by atoms with Crippen molar-refractivity contribution in [2.24, 2.45) is 9.98 Å². The molecule has 5 aromatic rings. The minimum Gasteiger partial charge on any atom is -0.493 e. The van der Waals surface area contributed by atoms with Crippen molar-refractivity contribution in [2.45, 2.75) is 26.8 Å². The van der Waals surface area contributed by atoms with Crippen LogP contribution in [0.3, 0.4) is 0 Å². The Kier molecular flexibility index (Phi) is 8.22. The van der Waals surface area contributed by atoms with E-state index >= 15 is 0 Å². The lowest BCUT2D eigenvalue weighted by molar-refractivity contribution is 0.323. The van der Waals surface area contributed by atoms with Crippen molar-refractivity contribution in [3.8, 4) is 22.9 Å². The third-order valence-electron chi connectivity index (χ3n) is 8.90. The number of para-hydroxylation sites is 3. The van der Waals surface area contributed by atoms with E-state index in [-0.39, 0.29) is 6.04 Å². The highest BCUT2D eigenvalue weighted by atomic mass is 16.5. The summed E-state index contributed by atoms with van der Waals surface area (Å²) in [6.45, 7) is 8.25. The molecule has 0 saturated heterocycles. The predicted octanol–water partition coefficient (Wildman–Crippen LogP) is 7.85. The number of methoxy groups -OCH3 is 3. The Bertz CT molecular complexity index is 1990. The van der Waals surface area contributed by atoms with Gasteiger partial charge in [0.2, 0.25) is 5.75 Å². The number of amidine groups is 2. The topological polar surface area (TPSA) is 88.7 Å². The zero-order valence-corrected chi connectivity index (χ0v) is 28.1. The molecule has 1 atom stereocenters. The Morgan fingerprint density at radius 1 is 0.792 bits per heavy atom. The molecule has 0 radical (unpaired) electrons. The van der Waals surface area contributed by atoms with E-state index in [4.69, 9.17) is 29.3 Å². The molecule has 7 rings (SSSR count). The largest absolute Gasteiger partial charge is 0.493 e. The van der Waals surface area contributed by atoms with Crippen molar-refractivity contribution < 1.29 is 14.2 Å². The Hall–Kier alpha value is -5.77. The molecule has 244 valence electrons. The molecule has 0 aliphatic carbocycles. The van der Waals surface area contributed by atoms with Gasteiger partial charge in [0.15, 0.2) is 29.0 Å². The first-order valence-electron chi connectivity index (χ1n) is 16.1. The van der Waals surface area contributed by atoms with Gasteiger partial charge in [-0.25, -0.2) is 14.7 Å². The monoisotopic (exact) mass is 641 g/mol. The molecule has 2 aliphatic heterocycles.